The lowest BCUT2D eigenvalue weighted by Gasteiger charge is -2.11. The molecule has 0 aliphatic heterocycles. The molecule has 1 nitrogen and oxygen atoms in total. The average Bonchev–Trinajstić information content (AvgIpc) is 2.45. The minimum absolute atomic E-state index is 0.188. The highest BCUT2D eigenvalue weighted by Crippen LogP contribution is 2.31. The zero-order chi connectivity index (χ0) is 15.5. The van der Waals surface area contributed by atoms with Crippen LogP contribution in [0.2, 0.25) is 0 Å². The molecule has 2 aromatic carbocycles. The summed E-state index contributed by atoms with van der Waals surface area (Å²) in [6.07, 6.45) is -2.77. The fraction of sp³-hybridized carbons (Fsp3) is 0.125. The highest BCUT2D eigenvalue weighted by Gasteiger charge is 2.30. The van der Waals surface area contributed by atoms with Gasteiger partial charge in [-0.25, -0.2) is 0 Å². The van der Waals surface area contributed by atoms with Crippen molar-refractivity contribution in [2.75, 3.05) is 6.61 Å². The molecule has 0 aliphatic rings. The quantitative estimate of drug-likeness (QED) is 0.829. The van der Waals surface area contributed by atoms with Crippen molar-refractivity contribution in [2.24, 2.45) is 0 Å². The van der Waals surface area contributed by atoms with E-state index in [0.717, 1.165) is 22.2 Å². The van der Waals surface area contributed by atoms with Crippen LogP contribution < -0.4 is 0 Å². The molecule has 0 heterocycles. The lowest BCUT2D eigenvalue weighted by atomic mass is 9.97. The van der Waals surface area contributed by atoms with E-state index in [1.165, 1.54) is 12.1 Å². The highest BCUT2D eigenvalue weighted by atomic mass is 79.9. The number of aliphatic hydroxyl groups excluding tert-OH is 1. The van der Waals surface area contributed by atoms with E-state index in [-0.39, 0.29) is 6.61 Å². The first-order chi connectivity index (χ1) is 9.91. The summed E-state index contributed by atoms with van der Waals surface area (Å²) >= 11 is 3.33. The van der Waals surface area contributed by atoms with Gasteiger partial charge in [0.2, 0.25) is 0 Å². The van der Waals surface area contributed by atoms with E-state index in [2.05, 4.69) is 15.9 Å². The molecule has 110 valence electrons. The number of hydrogen-bond donors (Lipinski definition) is 1. The largest absolute Gasteiger partial charge is 0.416 e. The van der Waals surface area contributed by atoms with Crippen LogP contribution in [0.25, 0.3) is 5.57 Å². The summed E-state index contributed by atoms with van der Waals surface area (Å²) < 4.78 is 38.6. The molecular weight excluding hydrogens is 345 g/mol. The first-order valence-electron chi connectivity index (χ1n) is 6.16. The van der Waals surface area contributed by atoms with Crippen LogP contribution in [0.3, 0.4) is 0 Å². The third-order valence-corrected chi connectivity index (χ3v) is 3.50. The lowest BCUT2D eigenvalue weighted by Crippen LogP contribution is -2.04. The second kappa shape index (κ2) is 6.45. The molecule has 0 spiro atoms. The summed E-state index contributed by atoms with van der Waals surface area (Å²) in [4.78, 5) is 0. The van der Waals surface area contributed by atoms with Gasteiger partial charge in [-0.1, -0.05) is 46.3 Å². The molecule has 0 amide bonds. The molecule has 0 aromatic heterocycles. The van der Waals surface area contributed by atoms with E-state index in [1.54, 1.807) is 6.08 Å². The van der Waals surface area contributed by atoms with Gasteiger partial charge < -0.3 is 5.11 Å². The number of benzene rings is 2. The molecule has 0 unspecified atom stereocenters. The molecule has 2 rings (SSSR count). The Kier molecular flexibility index (Phi) is 4.85. The Morgan fingerprint density at radius 1 is 0.952 bits per heavy atom. The van der Waals surface area contributed by atoms with Gasteiger partial charge in [0.15, 0.2) is 0 Å². The van der Waals surface area contributed by atoms with Gasteiger partial charge in [0, 0.05) is 4.47 Å². The van der Waals surface area contributed by atoms with E-state index >= 15 is 0 Å². The Balaban J connectivity index is 2.40. The standard InChI is InChI=1S/C16H12BrF3O/c17-14-7-3-12(4-8-14)15(9-10-21)11-1-5-13(6-2-11)16(18,19)20/h1-9,21H,10H2. The zero-order valence-electron chi connectivity index (χ0n) is 10.9. The van der Waals surface area contributed by atoms with E-state index in [4.69, 9.17) is 5.11 Å². The molecule has 5 heteroatoms. The average molecular weight is 357 g/mol. The first kappa shape index (κ1) is 15.8. The third-order valence-electron chi connectivity index (χ3n) is 2.97. The molecule has 0 radical (unpaired) electrons. The van der Waals surface area contributed by atoms with Gasteiger partial charge in [-0.15, -0.1) is 0 Å². The normalized spacial score (nSPS) is 12.5. The minimum atomic E-state index is -4.35. The van der Waals surface area contributed by atoms with E-state index in [0.29, 0.717) is 11.1 Å². The van der Waals surface area contributed by atoms with Crippen LogP contribution in [-0.2, 0) is 6.18 Å². The smallest absolute Gasteiger partial charge is 0.392 e. The number of alkyl halides is 3. The third kappa shape index (κ3) is 3.95. The predicted molar refractivity (Wildman–Crippen MR) is 79.8 cm³/mol. The van der Waals surface area contributed by atoms with Gasteiger partial charge in [0.25, 0.3) is 0 Å². The summed E-state index contributed by atoms with van der Waals surface area (Å²) in [7, 11) is 0. The molecule has 21 heavy (non-hydrogen) atoms. The molecule has 0 atom stereocenters. The number of aliphatic hydroxyl groups is 1. The fourth-order valence-corrected chi connectivity index (χ4v) is 2.23. The Hall–Kier alpha value is -1.59. The molecule has 0 saturated heterocycles. The summed E-state index contributed by atoms with van der Waals surface area (Å²) in [6.45, 7) is -0.188. The molecule has 2 aromatic rings. The summed E-state index contributed by atoms with van der Waals surface area (Å²) in [5.41, 5.74) is 1.45. The van der Waals surface area contributed by atoms with Crippen LogP contribution in [-0.4, -0.2) is 11.7 Å². The Labute approximate surface area is 128 Å². The maximum atomic E-state index is 12.6. The maximum absolute atomic E-state index is 12.6. The van der Waals surface area contributed by atoms with Crippen LogP contribution in [0.15, 0.2) is 59.1 Å². The van der Waals surface area contributed by atoms with Gasteiger partial charge >= 0.3 is 6.18 Å². The molecular formula is C16H12BrF3O. The molecule has 0 bridgehead atoms. The second-order valence-corrected chi connectivity index (χ2v) is 5.30. The Bertz CT molecular complexity index is 628. The SMILES string of the molecule is OCC=C(c1ccc(Br)cc1)c1ccc(C(F)(F)F)cc1. The van der Waals surface area contributed by atoms with Crippen molar-refractivity contribution in [3.05, 3.63) is 75.8 Å². The summed E-state index contributed by atoms with van der Waals surface area (Å²) in [5.74, 6) is 0. The van der Waals surface area contributed by atoms with Crippen LogP contribution >= 0.6 is 15.9 Å². The van der Waals surface area contributed by atoms with E-state index in [1.807, 2.05) is 24.3 Å². The maximum Gasteiger partial charge on any atom is 0.416 e. The van der Waals surface area contributed by atoms with Gasteiger partial charge in [0.1, 0.15) is 0 Å². The Morgan fingerprint density at radius 3 is 1.86 bits per heavy atom. The van der Waals surface area contributed by atoms with E-state index < -0.39 is 11.7 Å². The van der Waals surface area contributed by atoms with Crippen molar-refractivity contribution in [3.63, 3.8) is 0 Å². The first-order valence-corrected chi connectivity index (χ1v) is 6.95. The number of halogens is 4. The predicted octanol–water partition coefficient (Wildman–Crippen LogP) is 4.89. The van der Waals surface area contributed by atoms with Crippen LogP contribution in [0.4, 0.5) is 13.2 Å². The molecule has 0 fully saturated rings. The van der Waals surface area contributed by atoms with Crippen molar-refractivity contribution in [1.82, 2.24) is 0 Å². The monoisotopic (exact) mass is 356 g/mol. The number of hydrogen-bond acceptors (Lipinski definition) is 1. The summed E-state index contributed by atoms with van der Waals surface area (Å²) in [5, 5.41) is 9.13. The second-order valence-electron chi connectivity index (χ2n) is 4.38. The molecule has 0 saturated carbocycles. The molecule has 0 aliphatic carbocycles. The van der Waals surface area contributed by atoms with Crippen molar-refractivity contribution in [1.29, 1.82) is 0 Å². The Morgan fingerprint density at radius 2 is 1.43 bits per heavy atom. The van der Waals surface area contributed by atoms with Crippen LogP contribution in [0.1, 0.15) is 16.7 Å². The van der Waals surface area contributed by atoms with Crippen molar-refractivity contribution in [3.8, 4) is 0 Å². The lowest BCUT2D eigenvalue weighted by molar-refractivity contribution is -0.137. The van der Waals surface area contributed by atoms with Gasteiger partial charge in [0.05, 0.1) is 12.2 Å². The molecule has 1 N–H and O–H groups in total. The van der Waals surface area contributed by atoms with Crippen molar-refractivity contribution < 1.29 is 18.3 Å². The fourth-order valence-electron chi connectivity index (χ4n) is 1.96. The summed E-state index contributed by atoms with van der Waals surface area (Å²) in [6, 6.07) is 12.2. The minimum Gasteiger partial charge on any atom is -0.392 e. The highest BCUT2D eigenvalue weighted by molar-refractivity contribution is 9.10. The van der Waals surface area contributed by atoms with Crippen molar-refractivity contribution >= 4 is 21.5 Å². The van der Waals surface area contributed by atoms with Gasteiger partial charge in [-0.2, -0.15) is 13.2 Å². The van der Waals surface area contributed by atoms with Gasteiger partial charge in [-0.3, -0.25) is 0 Å². The van der Waals surface area contributed by atoms with Crippen molar-refractivity contribution in [2.45, 2.75) is 6.18 Å². The van der Waals surface area contributed by atoms with Crippen LogP contribution in [0, 0.1) is 0 Å². The zero-order valence-corrected chi connectivity index (χ0v) is 12.4. The van der Waals surface area contributed by atoms with Crippen LogP contribution in [0.5, 0.6) is 0 Å². The van der Waals surface area contributed by atoms with E-state index in [9.17, 15) is 13.2 Å². The topological polar surface area (TPSA) is 20.2 Å². The van der Waals surface area contributed by atoms with Gasteiger partial charge in [-0.05, 0) is 41.0 Å². The number of rotatable bonds is 3.